The predicted octanol–water partition coefficient (Wildman–Crippen LogP) is 3.09. The van der Waals surface area contributed by atoms with E-state index in [1.807, 2.05) is 5.32 Å². The Hall–Kier alpha value is -1.55. The van der Waals surface area contributed by atoms with E-state index in [-0.39, 0.29) is 21.7 Å². The molecule has 1 aromatic heterocycles. The minimum atomic E-state index is -5.70. The van der Waals surface area contributed by atoms with Crippen LogP contribution in [0.15, 0.2) is 28.4 Å². The van der Waals surface area contributed by atoms with Gasteiger partial charge in [0.15, 0.2) is 0 Å². The smallest absolute Gasteiger partial charge is 0.395 e. The Morgan fingerprint density at radius 2 is 1.95 bits per heavy atom. The summed E-state index contributed by atoms with van der Waals surface area (Å²) in [5.41, 5.74) is 4.37. The maximum absolute atomic E-state index is 13.2. The zero-order valence-corrected chi connectivity index (χ0v) is 11.5. The molecule has 114 valence electrons. The quantitative estimate of drug-likeness (QED) is 0.637. The molecule has 1 aliphatic heterocycles. The lowest BCUT2D eigenvalue weighted by Crippen LogP contribution is -2.41. The Labute approximate surface area is 124 Å². The molecule has 1 aromatic rings. The van der Waals surface area contributed by atoms with Crippen molar-refractivity contribution >= 4 is 29.1 Å². The molecule has 0 aliphatic carbocycles. The molecular formula is C10H6ClF5N4S. The molecule has 11 heteroatoms. The number of hydrogen-bond acceptors (Lipinski definition) is 5. The Morgan fingerprint density at radius 1 is 1.29 bits per heavy atom. The number of aromatic nitrogens is 2. The van der Waals surface area contributed by atoms with E-state index in [4.69, 9.17) is 17.3 Å². The average molecular weight is 345 g/mol. The molecule has 2 rings (SSSR count). The van der Waals surface area contributed by atoms with Crippen LogP contribution in [0.3, 0.4) is 0 Å². The highest BCUT2D eigenvalue weighted by atomic mass is 35.5. The molecule has 1 aliphatic rings. The molecule has 0 saturated carbocycles. The molecule has 21 heavy (non-hydrogen) atoms. The monoisotopic (exact) mass is 344 g/mol. The predicted molar refractivity (Wildman–Crippen MR) is 68.0 cm³/mol. The number of allylic oxidation sites excluding steroid dienone is 1. The van der Waals surface area contributed by atoms with E-state index in [2.05, 4.69) is 9.97 Å². The SMILES string of the molecule is N/C(=C1\NC(C(F)(F)C(F)(F)F)=CS1)c1ccnc(Cl)n1. The number of hydrogen-bond donors (Lipinski definition) is 2. The van der Waals surface area contributed by atoms with Crippen LogP contribution in [0.4, 0.5) is 22.0 Å². The Bertz CT molecular complexity index is 628. The summed E-state index contributed by atoms with van der Waals surface area (Å²) in [7, 11) is 0. The Balaban J connectivity index is 2.27. The summed E-state index contributed by atoms with van der Waals surface area (Å²) in [6.45, 7) is 0. The third-order valence-corrected chi connectivity index (χ3v) is 3.48. The Morgan fingerprint density at radius 3 is 2.52 bits per heavy atom. The second kappa shape index (κ2) is 5.34. The van der Waals surface area contributed by atoms with Crippen LogP contribution in [0.25, 0.3) is 5.70 Å². The van der Waals surface area contributed by atoms with Gasteiger partial charge in [0, 0.05) is 11.6 Å². The van der Waals surface area contributed by atoms with Gasteiger partial charge in [0.05, 0.1) is 11.4 Å². The van der Waals surface area contributed by atoms with Crippen molar-refractivity contribution in [1.82, 2.24) is 15.3 Å². The molecule has 0 spiro atoms. The van der Waals surface area contributed by atoms with Crippen molar-refractivity contribution in [2.45, 2.75) is 12.1 Å². The first-order valence-electron chi connectivity index (χ1n) is 5.20. The van der Waals surface area contributed by atoms with Crippen LogP contribution in [-0.4, -0.2) is 22.1 Å². The summed E-state index contributed by atoms with van der Waals surface area (Å²) in [5.74, 6) is -4.99. The second-order valence-corrected chi connectivity index (χ2v) is 5.02. The molecule has 4 nitrogen and oxygen atoms in total. The molecule has 0 fully saturated rings. The normalized spacial score (nSPS) is 18.3. The highest BCUT2D eigenvalue weighted by molar-refractivity contribution is 8.06. The fraction of sp³-hybridized carbons (Fsp3) is 0.200. The second-order valence-electron chi connectivity index (χ2n) is 3.80. The maximum Gasteiger partial charge on any atom is 0.459 e. The summed E-state index contributed by atoms with van der Waals surface area (Å²) < 4.78 is 63.1. The number of rotatable bonds is 2. The summed E-state index contributed by atoms with van der Waals surface area (Å²) in [6.07, 6.45) is -4.43. The van der Waals surface area contributed by atoms with Gasteiger partial charge in [0.1, 0.15) is 10.7 Å². The van der Waals surface area contributed by atoms with Gasteiger partial charge in [-0.05, 0) is 17.7 Å². The fourth-order valence-electron chi connectivity index (χ4n) is 1.34. The van der Waals surface area contributed by atoms with Gasteiger partial charge in [-0.15, -0.1) is 0 Å². The molecule has 3 N–H and O–H groups in total. The van der Waals surface area contributed by atoms with Gasteiger partial charge >= 0.3 is 12.1 Å². The van der Waals surface area contributed by atoms with Crippen molar-refractivity contribution in [3.63, 3.8) is 0 Å². The fourth-order valence-corrected chi connectivity index (χ4v) is 2.33. The minimum Gasteiger partial charge on any atom is -0.395 e. The van der Waals surface area contributed by atoms with Crippen LogP contribution in [0.2, 0.25) is 5.28 Å². The third kappa shape index (κ3) is 3.05. The van der Waals surface area contributed by atoms with Crippen molar-refractivity contribution in [2.75, 3.05) is 0 Å². The van der Waals surface area contributed by atoms with Crippen molar-refractivity contribution in [3.05, 3.63) is 39.4 Å². The van der Waals surface area contributed by atoms with Gasteiger partial charge in [-0.2, -0.15) is 22.0 Å². The van der Waals surface area contributed by atoms with Crippen LogP contribution in [0.1, 0.15) is 5.69 Å². The number of nitrogens with zero attached hydrogens (tertiary/aromatic N) is 2. The minimum absolute atomic E-state index is 0.0938. The lowest BCUT2D eigenvalue weighted by molar-refractivity contribution is -0.265. The van der Waals surface area contributed by atoms with Crippen molar-refractivity contribution in [1.29, 1.82) is 0 Å². The van der Waals surface area contributed by atoms with E-state index in [0.717, 1.165) is 0 Å². The van der Waals surface area contributed by atoms with Gasteiger partial charge < -0.3 is 11.1 Å². The Kier molecular flexibility index (Phi) is 4.02. The number of nitrogens with two attached hydrogens (primary N) is 1. The van der Waals surface area contributed by atoms with Crippen LogP contribution in [0, 0.1) is 0 Å². The first-order chi connectivity index (χ1) is 9.63. The van der Waals surface area contributed by atoms with Crippen LogP contribution in [-0.2, 0) is 0 Å². The molecule has 0 saturated heterocycles. The summed E-state index contributed by atoms with van der Waals surface area (Å²) in [6, 6.07) is 1.34. The molecule has 0 bridgehead atoms. The van der Waals surface area contributed by atoms with Crippen LogP contribution >= 0.6 is 23.4 Å². The lowest BCUT2D eigenvalue weighted by Gasteiger charge is -2.21. The van der Waals surface area contributed by atoms with Gasteiger partial charge in [0.25, 0.3) is 0 Å². The van der Waals surface area contributed by atoms with Crippen molar-refractivity contribution in [3.8, 4) is 0 Å². The first kappa shape index (κ1) is 15.8. The number of thioether (sulfide) groups is 1. The standard InChI is InChI=1S/C10H6ClF5N4S/c11-8-18-2-1-4(19-8)6(17)7-20-5(3-21-7)9(12,13)10(14,15)16/h1-3,20H,17H2/b7-6+. The van der Waals surface area contributed by atoms with Crippen molar-refractivity contribution in [2.24, 2.45) is 5.73 Å². The molecule has 0 aromatic carbocycles. The lowest BCUT2D eigenvalue weighted by atomic mass is 10.2. The highest BCUT2D eigenvalue weighted by Crippen LogP contribution is 2.44. The van der Waals surface area contributed by atoms with Gasteiger partial charge in [0.2, 0.25) is 5.28 Å². The van der Waals surface area contributed by atoms with E-state index in [0.29, 0.717) is 17.2 Å². The van der Waals surface area contributed by atoms with Gasteiger partial charge in [-0.25, -0.2) is 9.97 Å². The first-order valence-corrected chi connectivity index (χ1v) is 6.46. The van der Waals surface area contributed by atoms with E-state index >= 15 is 0 Å². The number of nitrogens with one attached hydrogen (secondary N) is 1. The third-order valence-electron chi connectivity index (χ3n) is 2.38. The molecular weight excluding hydrogens is 339 g/mol. The molecule has 0 amide bonds. The van der Waals surface area contributed by atoms with Crippen molar-refractivity contribution < 1.29 is 22.0 Å². The largest absolute Gasteiger partial charge is 0.459 e. The van der Waals surface area contributed by atoms with Gasteiger partial charge in [-0.3, -0.25) is 0 Å². The molecule has 2 heterocycles. The topological polar surface area (TPSA) is 63.8 Å². The highest BCUT2D eigenvalue weighted by Gasteiger charge is 2.61. The van der Waals surface area contributed by atoms with Crippen LogP contribution in [0.5, 0.6) is 0 Å². The van der Waals surface area contributed by atoms with E-state index in [9.17, 15) is 22.0 Å². The average Bonchev–Trinajstić information content (AvgIpc) is 2.86. The molecule has 0 unspecified atom stereocenters. The zero-order chi connectivity index (χ0) is 15.8. The van der Waals surface area contributed by atoms with E-state index in [1.165, 1.54) is 12.3 Å². The van der Waals surface area contributed by atoms with Crippen LogP contribution < -0.4 is 11.1 Å². The number of halogens is 6. The van der Waals surface area contributed by atoms with Gasteiger partial charge in [-0.1, -0.05) is 11.8 Å². The van der Waals surface area contributed by atoms with E-state index in [1.54, 1.807) is 0 Å². The summed E-state index contributed by atoms with van der Waals surface area (Å²) in [4.78, 5) is 7.34. The maximum atomic E-state index is 13.2. The molecule has 0 atom stereocenters. The summed E-state index contributed by atoms with van der Waals surface area (Å²) in [5, 5.41) is 2.39. The summed E-state index contributed by atoms with van der Waals surface area (Å²) >= 11 is 6.15. The van der Waals surface area contributed by atoms with E-state index < -0.39 is 17.8 Å². The molecule has 0 radical (unpaired) electrons. The zero-order valence-electron chi connectivity index (χ0n) is 9.88. The number of alkyl halides is 5.